The largest absolute Gasteiger partial charge is 0.379 e. The van der Waals surface area contributed by atoms with Gasteiger partial charge in [0.05, 0.1) is 54.1 Å². The molecule has 0 bridgehead atoms. The van der Waals surface area contributed by atoms with E-state index in [2.05, 4.69) is 35.7 Å². The van der Waals surface area contributed by atoms with Crippen LogP contribution in [0, 0.1) is 5.92 Å². The van der Waals surface area contributed by atoms with E-state index in [0.717, 1.165) is 41.2 Å². The van der Waals surface area contributed by atoms with Gasteiger partial charge in [-0.2, -0.15) is 5.10 Å². The number of aromatic nitrogens is 4. The molecular weight excluding hydrogens is 479 g/mol. The van der Waals surface area contributed by atoms with Gasteiger partial charge < -0.3 is 25.6 Å². The Labute approximate surface area is 212 Å². The molecule has 12 heteroatoms. The SMILES string of the molecule is CNC(=O)c1nnc(NC(=O)[C@@H]2C[C@@H]2F)cc1Nc1cccc2c1N(C)Cc1c-2cnn1[C@H]1CCOC1. The summed E-state index contributed by atoms with van der Waals surface area (Å²) in [6.45, 7) is 2.06. The van der Waals surface area contributed by atoms with Gasteiger partial charge in [-0.1, -0.05) is 12.1 Å². The number of para-hydroxylation sites is 1. The van der Waals surface area contributed by atoms with Crippen molar-refractivity contribution in [2.24, 2.45) is 5.92 Å². The second kappa shape index (κ2) is 9.11. The fourth-order valence-electron chi connectivity index (χ4n) is 5.01. The third kappa shape index (κ3) is 4.16. The van der Waals surface area contributed by atoms with Gasteiger partial charge in [-0.25, -0.2) is 4.39 Å². The van der Waals surface area contributed by atoms with Gasteiger partial charge in [0.25, 0.3) is 5.91 Å². The van der Waals surface area contributed by atoms with Crippen molar-refractivity contribution >= 4 is 34.7 Å². The molecule has 192 valence electrons. The topological polar surface area (TPSA) is 126 Å². The number of ether oxygens (including phenoxy) is 1. The molecule has 0 unspecified atom stereocenters. The van der Waals surface area contributed by atoms with Crippen molar-refractivity contribution < 1.29 is 18.7 Å². The molecule has 2 fully saturated rings. The summed E-state index contributed by atoms with van der Waals surface area (Å²) >= 11 is 0. The van der Waals surface area contributed by atoms with Crippen molar-refractivity contribution in [1.82, 2.24) is 25.3 Å². The van der Waals surface area contributed by atoms with E-state index in [1.54, 1.807) is 0 Å². The summed E-state index contributed by atoms with van der Waals surface area (Å²) in [5, 5.41) is 21.2. The van der Waals surface area contributed by atoms with Crippen LogP contribution in [0.4, 0.5) is 27.3 Å². The highest BCUT2D eigenvalue weighted by Gasteiger charge is 2.43. The lowest BCUT2D eigenvalue weighted by atomic mass is 9.97. The van der Waals surface area contributed by atoms with Crippen LogP contribution in [0.25, 0.3) is 11.1 Å². The Kier molecular flexibility index (Phi) is 5.75. The number of nitrogens with one attached hydrogen (secondary N) is 3. The Morgan fingerprint density at radius 3 is 2.76 bits per heavy atom. The fourth-order valence-corrected chi connectivity index (χ4v) is 5.01. The minimum Gasteiger partial charge on any atom is -0.379 e. The monoisotopic (exact) mass is 506 g/mol. The predicted molar refractivity (Wildman–Crippen MR) is 135 cm³/mol. The van der Waals surface area contributed by atoms with Crippen LogP contribution >= 0.6 is 0 Å². The van der Waals surface area contributed by atoms with Gasteiger partial charge in [0, 0.05) is 37.9 Å². The van der Waals surface area contributed by atoms with Crippen molar-refractivity contribution in [1.29, 1.82) is 0 Å². The van der Waals surface area contributed by atoms with Crippen LogP contribution in [0.15, 0.2) is 30.5 Å². The molecule has 2 aliphatic heterocycles. The molecule has 2 aromatic heterocycles. The standard InChI is InChI=1S/C25H27FN8O3/c1-27-25(36)22-19(9-21(31-32-22)30-24(35)15-8-17(15)26)29-18-5-3-4-14-16-10-28-34(13-6-7-37-12-13)20(16)11-33(2)23(14)18/h3-5,9-10,13,15,17H,6-8,11-12H2,1-2H3,(H,27,36)(H2,29,30,31,35)/t13-,15+,17-/m0/s1. The number of anilines is 4. The summed E-state index contributed by atoms with van der Waals surface area (Å²) < 4.78 is 21.0. The zero-order valence-electron chi connectivity index (χ0n) is 20.5. The van der Waals surface area contributed by atoms with Gasteiger partial charge in [-0.05, 0) is 18.9 Å². The number of alkyl halides is 1. The Morgan fingerprint density at radius 2 is 2.03 bits per heavy atom. The van der Waals surface area contributed by atoms with Crippen molar-refractivity contribution in [2.75, 3.05) is 42.8 Å². The molecule has 11 nitrogen and oxygen atoms in total. The maximum Gasteiger partial charge on any atom is 0.273 e. The molecule has 4 heterocycles. The van der Waals surface area contributed by atoms with Crippen molar-refractivity contribution in [3.05, 3.63) is 41.9 Å². The number of amides is 2. The summed E-state index contributed by atoms with van der Waals surface area (Å²) in [7, 11) is 3.51. The molecule has 2 amide bonds. The number of hydrogen-bond acceptors (Lipinski definition) is 8. The summed E-state index contributed by atoms with van der Waals surface area (Å²) in [6, 6.07) is 7.67. The lowest BCUT2D eigenvalue weighted by Gasteiger charge is -2.31. The van der Waals surface area contributed by atoms with Crippen LogP contribution in [0.3, 0.4) is 0 Å². The summed E-state index contributed by atoms with van der Waals surface area (Å²) in [6.07, 6.45) is 1.92. The number of carbonyl (C=O) groups excluding carboxylic acids is 2. The van der Waals surface area contributed by atoms with Crippen LogP contribution in [0.1, 0.15) is 35.1 Å². The second-order valence-electron chi connectivity index (χ2n) is 9.57. The van der Waals surface area contributed by atoms with Crippen LogP contribution in [-0.2, 0) is 16.1 Å². The molecule has 1 saturated heterocycles. The van der Waals surface area contributed by atoms with E-state index < -0.39 is 23.9 Å². The number of benzene rings is 1. The second-order valence-corrected chi connectivity index (χ2v) is 9.57. The van der Waals surface area contributed by atoms with Gasteiger partial charge in [-0.15, -0.1) is 10.2 Å². The molecule has 0 spiro atoms. The maximum absolute atomic E-state index is 13.3. The molecular formula is C25H27FN8O3. The zero-order valence-corrected chi connectivity index (χ0v) is 20.5. The number of rotatable bonds is 6. The maximum atomic E-state index is 13.3. The first kappa shape index (κ1) is 23.3. The number of nitrogens with zero attached hydrogens (tertiary/aromatic N) is 5. The first-order chi connectivity index (χ1) is 17.9. The highest BCUT2D eigenvalue weighted by atomic mass is 19.1. The Bertz CT molecular complexity index is 1390. The molecule has 1 aromatic carbocycles. The Balaban J connectivity index is 1.35. The zero-order chi connectivity index (χ0) is 25.7. The first-order valence-corrected chi connectivity index (χ1v) is 12.2. The summed E-state index contributed by atoms with van der Waals surface area (Å²) in [5.74, 6) is -1.41. The van der Waals surface area contributed by atoms with Gasteiger partial charge in [-0.3, -0.25) is 14.3 Å². The van der Waals surface area contributed by atoms with E-state index in [4.69, 9.17) is 9.84 Å². The average Bonchev–Trinajstić information content (AvgIpc) is 3.23. The Hall–Kier alpha value is -4.06. The van der Waals surface area contributed by atoms with E-state index in [1.807, 2.05) is 31.4 Å². The van der Waals surface area contributed by atoms with E-state index in [-0.39, 0.29) is 24.0 Å². The molecule has 3 N–H and O–H groups in total. The average molecular weight is 507 g/mol. The number of halogens is 1. The number of fused-ring (bicyclic) bond motifs is 3. The normalized spacial score (nSPS) is 21.7. The van der Waals surface area contributed by atoms with Gasteiger partial charge in [0.15, 0.2) is 11.5 Å². The van der Waals surface area contributed by atoms with Gasteiger partial charge in [0.2, 0.25) is 5.91 Å². The molecule has 0 radical (unpaired) electrons. The molecule has 3 aliphatic rings. The highest BCUT2D eigenvalue weighted by Crippen LogP contribution is 2.45. The summed E-state index contributed by atoms with van der Waals surface area (Å²) in [5.41, 5.74) is 5.34. The Morgan fingerprint density at radius 1 is 1.19 bits per heavy atom. The molecule has 3 atom stereocenters. The minimum absolute atomic E-state index is 0.0705. The predicted octanol–water partition coefficient (Wildman–Crippen LogP) is 2.65. The van der Waals surface area contributed by atoms with Gasteiger partial charge in [0.1, 0.15) is 6.17 Å². The van der Waals surface area contributed by atoms with E-state index in [1.165, 1.54) is 13.1 Å². The highest BCUT2D eigenvalue weighted by molar-refractivity contribution is 6.01. The summed E-state index contributed by atoms with van der Waals surface area (Å²) in [4.78, 5) is 26.9. The molecule has 3 aromatic rings. The van der Waals surface area contributed by atoms with Crippen molar-refractivity contribution in [2.45, 2.75) is 31.6 Å². The molecule has 6 rings (SSSR count). The lowest BCUT2D eigenvalue weighted by molar-refractivity contribution is -0.117. The van der Waals surface area contributed by atoms with Crippen LogP contribution in [-0.4, -0.2) is 65.3 Å². The van der Waals surface area contributed by atoms with Crippen LogP contribution in [0.2, 0.25) is 0 Å². The van der Waals surface area contributed by atoms with Crippen molar-refractivity contribution in [3.8, 4) is 11.1 Å². The number of carbonyl (C=O) groups is 2. The van der Waals surface area contributed by atoms with Crippen LogP contribution in [0.5, 0.6) is 0 Å². The van der Waals surface area contributed by atoms with E-state index in [0.29, 0.717) is 18.8 Å². The minimum atomic E-state index is -1.13. The quantitative estimate of drug-likeness (QED) is 0.466. The fraction of sp³-hybridized carbons (Fsp3) is 0.400. The van der Waals surface area contributed by atoms with Crippen LogP contribution < -0.4 is 20.9 Å². The first-order valence-electron chi connectivity index (χ1n) is 12.2. The smallest absolute Gasteiger partial charge is 0.273 e. The third-order valence-electron chi connectivity index (χ3n) is 7.05. The van der Waals surface area contributed by atoms with E-state index >= 15 is 0 Å². The van der Waals surface area contributed by atoms with E-state index in [9.17, 15) is 14.0 Å². The number of hydrogen-bond donors (Lipinski definition) is 3. The van der Waals surface area contributed by atoms with Gasteiger partial charge >= 0.3 is 0 Å². The third-order valence-corrected chi connectivity index (χ3v) is 7.05. The van der Waals surface area contributed by atoms with Crippen molar-refractivity contribution in [3.63, 3.8) is 0 Å². The molecule has 1 aliphatic carbocycles. The molecule has 37 heavy (non-hydrogen) atoms. The lowest BCUT2D eigenvalue weighted by Crippen LogP contribution is -2.26. The molecule has 1 saturated carbocycles.